The highest BCUT2D eigenvalue weighted by Crippen LogP contribution is 2.21. The second kappa shape index (κ2) is 9.95. The van der Waals surface area contributed by atoms with Crippen LogP contribution in [0.4, 0.5) is 0 Å². The van der Waals surface area contributed by atoms with E-state index in [1.165, 1.54) is 11.1 Å². The topological polar surface area (TPSA) is 49.8 Å². The van der Waals surface area contributed by atoms with Gasteiger partial charge in [-0.05, 0) is 60.2 Å². The predicted molar refractivity (Wildman–Crippen MR) is 117 cm³/mol. The fourth-order valence-electron chi connectivity index (χ4n) is 3.39. The molecule has 2 aromatic carbocycles. The minimum absolute atomic E-state index is 0.206. The molecule has 0 bridgehead atoms. The Balaban J connectivity index is 1.44. The van der Waals surface area contributed by atoms with Crippen LogP contribution >= 0.6 is 11.6 Å². The maximum atomic E-state index is 10.9. The number of halogens is 1. The highest BCUT2D eigenvalue weighted by Gasteiger charge is 2.31. The molecule has 154 valence electrons. The van der Waals surface area contributed by atoms with Crippen LogP contribution in [0.3, 0.4) is 0 Å². The van der Waals surface area contributed by atoms with E-state index in [1.54, 1.807) is 0 Å². The van der Waals surface area contributed by atoms with Crippen molar-refractivity contribution in [2.45, 2.75) is 20.3 Å². The lowest BCUT2D eigenvalue weighted by molar-refractivity contribution is -0.147. The van der Waals surface area contributed by atoms with Crippen molar-refractivity contribution in [2.24, 2.45) is 11.8 Å². The van der Waals surface area contributed by atoms with Gasteiger partial charge in [-0.1, -0.05) is 48.9 Å². The minimum Gasteiger partial charge on any atom is -0.493 e. The average Bonchev–Trinajstić information content (AvgIpc) is 2.67. The van der Waals surface area contributed by atoms with Crippen molar-refractivity contribution in [3.63, 3.8) is 0 Å². The van der Waals surface area contributed by atoms with Gasteiger partial charge in [0, 0.05) is 24.7 Å². The van der Waals surface area contributed by atoms with Crippen molar-refractivity contribution in [1.82, 2.24) is 4.90 Å². The van der Waals surface area contributed by atoms with Crippen LogP contribution in [0.1, 0.15) is 25.0 Å². The molecule has 2 aromatic rings. The fourth-order valence-corrected chi connectivity index (χ4v) is 3.52. The summed E-state index contributed by atoms with van der Waals surface area (Å²) in [6.07, 6.45) is 3.11. The van der Waals surface area contributed by atoms with E-state index in [-0.39, 0.29) is 5.92 Å². The molecule has 4 nitrogen and oxygen atoms in total. The fraction of sp³-hybridized carbons (Fsp3) is 0.375. The molecule has 1 aliphatic heterocycles. The maximum Gasteiger partial charge on any atom is 0.309 e. The van der Waals surface area contributed by atoms with Crippen LogP contribution in [0.2, 0.25) is 5.02 Å². The molecular weight excluding hydrogens is 386 g/mol. The number of ether oxygens (including phenoxy) is 1. The Morgan fingerprint density at radius 2 is 1.86 bits per heavy atom. The van der Waals surface area contributed by atoms with Crippen LogP contribution in [0.15, 0.2) is 54.6 Å². The summed E-state index contributed by atoms with van der Waals surface area (Å²) in [5.74, 6) is 0.377. The number of hydrogen-bond donors (Lipinski definition) is 1. The summed E-state index contributed by atoms with van der Waals surface area (Å²) >= 11 is 5.93. The summed E-state index contributed by atoms with van der Waals surface area (Å²) in [5.41, 5.74) is 3.60. The zero-order valence-corrected chi connectivity index (χ0v) is 17.7. The number of hydrogen-bond acceptors (Lipinski definition) is 3. The Morgan fingerprint density at radius 3 is 2.48 bits per heavy atom. The highest BCUT2D eigenvalue weighted by molar-refractivity contribution is 6.30. The quantitative estimate of drug-likeness (QED) is 0.627. The summed E-state index contributed by atoms with van der Waals surface area (Å²) in [6.45, 7) is 6.99. The minimum atomic E-state index is -0.694. The van der Waals surface area contributed by atoms with Crippen LogP contribution in [-0.2, 0) is 11.2 Å². The van der Waals surface area contributed by atoms with E-state index in [0.717, 1.165) is 29.3 Å². The number of carboxylic acid groups (broad SMARTS) is 1. The summed E-state index contributed by atoms with van der Waals surface area (Å²) < 4.78 is 5.95. The zero-order chi connectivity index (χ0) is 20.8. The lowest BCUT2D eigenvalue weighted by Crippen LogP contribution is -2.50. The smallest absolute Gasteiger partial charge is 0.309 e. The van der Waals surface area contributed by atoms with E-state index in [1.807, 2.05) is 24.3 Å². The number of rotatable bonds is 9. The van der Waals surface area contributed by atoms with Crippen LogP contribution < -0.4 is 4.74 Å². The van der Waals surface area contributed by atoms with E-state index in [0.29, 0.717) is 25.6 Å². The molecule has 1 aliphatic rings. The third-order valence-electron chi connectivity index (χ3n) is 5.30. The summed E-state index contributed by atoms with van der Waals surface area (Å²) in [4.78, 5) is 13.0. The zero-order valence-electron chi connectivity index (χ0n) is 17.0. The Hall–Kier alpha value is -2.30. The number of nitrogens with zero attached hydrogens (tertiary/aromatic N) is 1. The largest absolute Gasteiger partial charge is 0.493 e. The van der Waals surface area contributed by atoms with Gasteiger partial charge in [-0.2, -0.15) is 0 Å². The molecule has 1 atom stereocenters. The first-order valence-corrected chi connectivity index (χ1v) is 10.4. The molecule has 29 heavy (non-hydrogen) atoms. The Labute approximate surface area is 177 Å². The van der Waals surface area contributed by atoms with Gasteiger partial charge in [-0.3, -0.25) is 9.69 Å². The molecule has 5 heteroatoms. The number of carbonyl (C=O) groups is 1. The van der Waals surface area contributed by atoms with E-state index in [2.05, 4.69) is 49.1 Å². The molecule has 0 aliphatic carbocycles. The third-order valence-corrected chi connectivity index (χ3v) is 5.56. The van der Waals surface area contributed by atoms with Gasteiger partial charge in [-0.15, -0.1) is 0 Å². The molecule has 0 saturated carbocycles. The van der Waals surface area contributed by atoms with Crippen LogP contribution in [0.25, 0.3) is 5.57 Å². The standard InChI is InChI=1S/C24H28ClNO3/c1-17(13-19-3-7-22(25)8-4-19)16-29-23-9-5-20(6-10-23)18(2)11-12-26-14-21(15-26)24(27)28/h3-11,17,21H,12-16H2,1-2H3,(H,27,28)/t17-/m0/s1. The molecule has 0 amide bonds. The van der Waals surface area contributed by atoms with E-state index < -0.39 is 5.97 Å². The molecule has 0 radical (unpaired) electrons. The predicted octanol–water partition coefficient (Wildman–Crippen LogP) is 5.02. The van der Waals surface area contributed by atoms with Crippen molar-refractivity contribution >= 4 is 23.1 Å². The Morgan fingerprint density at radius 1 is 1.21 bits per heavy atom. The summed E-state index contributed by atoms with van der Waals surface area (Å²) in [5, 5.41) is 9.70. The lowest BCUT2D eigenvalue weighted by atomic mass is 10.00. The number of aliphatic carboxylic acids is 1. The van der Waals surface area contributed by atoms with Crippen molar-refractivity contribution in [3.05, 3.63) is 70.8 Å². The first-order chi connectivity index (χ1) is 13.9. The summed E-state index contributed by atoms with van der Waals surface area (Å²) in [7, 11) is 0. The highest BCUT2D eigenvalue weighted by atomic mass is 35.5. The van der Waals surface area contributed by atoms with E-state index in [4.69, 9.17) is 21.4 Å². The van der Waals surface area contributed by atoms with Gasteiger partial charge in [0.25, 0.3) is 0 Å². The van der Waals surface area contributed by atoms with Crippen LogP contribution in [0.5, 0.6) is 5.75 Å². The van der Waals surface area contributed by atoms with Gasteiger partial charge >= 0.3 is 5.97 Å². The monoisotopic (exact) mass is 413 g/mol. The molecule has 1 N–H and O–H groups in total. The number of carboxylic acids is 1. The first-order valence-electron chi connectivity index (χ1n) is 10.0. The molecule has 3 rings (SSSR count). The van der Waals surface area contributed by atoms with Gasteiger partial charge in [-0.25, -0.2) is 0 Å². The summed E-state index contributed by atoms with van der Waals surface area (Å²) in [6, 6.07) is 16.1. The first kappa shape index (κ1) is 21.4. The van der Waals surface area contributed by atoms with E-state index >= 15 is 0 Å². The molecule has 1 saturated heterocycles. The second-order valence-corrected chi connectivity index (χ2v) is 8.35. The van der Waals surface area contributed by atoms with Gasteiger partial charge < -0.3 is 9.84 Å². The van der Waals surface area contributed by atoms with Crippen molar-refractivity contribution in [2.75, 3.05) is 26.2 Å². The van der Waals surface area contributed by atoms with Crippen LogP contribution in [0, 0.1) is 11.8 Å². The number of allylic oxidation sites excluding steroid dienone is 1. The molecule has 1 fully saturated rings. The molecule has 0 spiro atoms. The van der Waals surface area contributed by atoms with Crippen molar-refractivity contribution < 1.29 is 14.6 Å². The SMILES string of the molecule is CC(=CCN1CC(C(=O)O)C1)c1ccc(OC[C@@H](C)Cc2ccc(Cl)cc2)cc1. The normalized spacial score (nSPS) is 16.3. The molecular formula is C24H28ClNO3. The lowest BCUT2D eigenvalue weighted by Gasteiger charge is -2.35. The average molecular weight is 414 g/mol. The van der Waals surface area contributed by atoms with Crippen molar-refractivity contribution in [1.29, 1.82) is 0 Å². The number of likely N-dealkylation sites (tertiary alicyclic amines) is 1. The van der Waals surface area contributed by atoms with Gasteiger partial charge in [0.1, 0.15) is 5.75 Å². The maximum absolute atomic E-state index is 10.9. The van der Waals surface area contributed by atoms with Gasteiger partial charge in [0.15, 0.2) is 0 Å². The number of benzene rings is 2. The van der Waals surface area contributed by atoms with Crippen molar-refractivity contribution in [3.8, 4) is 5.75 Å². The van der Waals surface area contributed by atoms with Crippen LogP contribution in [-0.4, -0.2) is 42.2 Å². The molecule has 1 heterocycles. The van der Waals surface area contributed by atoms with Gasteiger partial charge in [0.05, 0.1) is 12.5 Å². The van der Waals surface area contributed by atoms with E-state index in [9.17, 15) is 4.79 Å². The third kappa shape index (κ3) is 6.34. The Kier molecular flexibility index (Phi) is 7.34. The van der Waals surface area contributed by atoms with Gasteiger partial charge in [0.2, 0.25) is 0 Å². The molecule has 0 aromatic heterocycles. The second-order valence-electron chi connectivity index (χ2n) is 7.91. The Bertz CT molecular complexity index is 839. The molecule has 0 unspecified atom stereocenters.